The average molecular weight is 231 g/mol. The Bertz CT molecular complexity index is 259. The number of carboxylic acid groups (broad SMARTS) is 1. The third-order valence-corrected chi connectivity index (χ3v) is 2.58. The molecule has 0 saturated carbocycles. The van der Waals surface area contributed by atoms with Crippen LogP contribution in [0.5, 0.6) is 0 Å². The molecule has 3 N–H and O–H groups in total. The first-order valence-corrected chi connectivity index (χ1v) is 5.37. The van der Waals surface area contributed by atoms with E-state index < -0.39 is 23.2 Å². The Balaban J connectivity index is 4.87. The van der Waals surface area contributed by atoms with Crippen LogP contribution in [0.1, 0.15) is 40.5 Å². The number of nitrogens with one attached hydrogen (secondary N) is 1. The zero-order valence-corrected chi connectivity index (χ0v) is 10.3. The van der Waals surface area contributed by atoms with E-state index >= 15 is 0 Å². The zero-order valence-electron chi connectivity index (χ0n) is 10.3. The van der Waals surface area contributed by atoms with Gasteiger partial charge >= 0.3 is 5.97 Å². The first-order chi connectivity index (χ1) is 7.18. The highest BCUT2D eigenvalue weighted by atomic mass is 16.4. The lowest BCUT2D eigenvalue weighted by molar-refractivity contribution is -0.152. The second kappa shape index (κ2) is 5.41. The van der Waals surface area contributed by atoms with Crippen LogP contribution in [0.4, 0.5) is 0 Å². The summed E-state index contributed by atoms with van der Waals surface area (Å²) in [5.74, 6) is -1.06. The van der Waals surface area contributed by atoms with Gasteiger partial charge in [0.15, 0.2) is 12.0 Å². The number of carbonyl (C=O) groups excluding carboxylic acids is 1. The molecule has 0 aliphatic carbocycles. The van der Waals surface area contributed by atoms with Gasteiger partial charge < -0.3 is 10.2 Å². The Labute approximate surface area is 95.9 Å². The molecule has 0 bridgehead atoms. The maximum atomic E-state index is 10.9. The standard InChI is InChI=1S/C11H21NO4/c1-5-6-8(9(14)15)12-11(16,7-13)10(2,3)4/h7-8,12,16H,5-6H2,1-4H3,(H,14,15)/t8?,11-/m0/s1. The fourth-order valence-electron chi connectivity index (χ4n) is 1.24. The molecule has 0 aromatic heterocycles. The lowest BCUT2D eigenvalue weighted by Crippen LogP contribution is -2.61. The molecule has 0 spiro atoms. The van der Waals surface area contributed by atoms with E-state index in [0.29, 0.717) is 19.1 Å². The summed E-state index contributed by atoms with van der Waals surface area (Å²) in [4.78, 5) is 21.9. The minimum absolute atomic E-state index is 0.360. The second-order valence-corrected chi connectivity index (χ2v) is 4.96. The average Bonchev–Trinajstić information content (AvgIpc) is 2.15. The van der Waals surface area contributed by atoms with Gasteiger partial charge in [-0.15, -0.1) is 0 Å². The third kappa shape index (κ3) is 3.57. The summed E-state index contributed by atoms with van der Waals surface area (Å²) in [6.45, 7) is 6.84. The van der Waals surface area contributed by atoms with Gasteiger partial charge in [-0.05, 0) is 6.42 Å². The van der Waals surface area contributed by atoms with E-state index in [1.54, 1.807) is 20.8 Å². The summed E-state index contributed by atoms with van der Waals surface area (Å²) in [6.07, 6.45) is 1.38. The summed E-state index contributed by atoms with van der Waals surface area (Å²) < 4.78 is 0. The van der Waals surface area contributed by atoms with Crippen LogP contribution in [0, 0.1) is 5.41 Å². The topological polar surface area (TPSA) is 86.6 Å². The smallest absolute Gasteiger partial charge is 0.320 e. The molecule has 5 nitrogen and oxygen atoms in total. The highest BCUT2D eigenvalue weighted by Gasteiger charge is 2.42. The van der Waals surface area contributed by atoms with Gasteiger partial charge in [-0.25, -0.2) is 0 Å². The van der Waals surface area contributed by atoms with Gasteiger partial charge in [0.2, 0.25) is 0 Å². The van der Waals surface area contributed by atoms with E-state index in [9.17, 15) is 14.7 Å². The molecule has 0 fully saturated rings. The molecule has 1 unspecified atom stereocenters. The summed E-state index contributed by atoms with van der Waals surface area (Å²) in [7, 11) is 0. The number of rotatable bonds is 6. The molecule has 0 aliphatic rings. The van der Waals surface area contributed by atoms with E-state index in [2.05, 4.69) is 5.32 Å². The van der Waals surface area contributed by atoms with Crippen LogP contribution in [-0.4, -0.2) is 34.2 Å². The minimum atomic E-state index is -1.83. The summed E-state index contributed by atoms with van der Waals surface area (Å²) in [6, 6.07) is -0.917. The maximum Gasteiger partial charge on any atom is 0.320 e. The zero-order chi connectivity index (χ0) is 13.0. The van der Waals surface area contributed by atoms with Crippen molar-refractivity contribution in [2.75, 3.05) is 0 Å². The van der Waals surface area contributed by atoms with E-state index in [4.69, 9.17) is 5.11 Å². The maximum absolute atomic E-state index is 10.9. The van der Waals surface area contributed by atoms with E-state index in [1.807, 2.05) is 6.92 Å². The summed E-state index contributed by atoms with van der Waals surface area (Å²) in [5, 5.41) is 21.5. The number of hydrogen-bond donors (Lipinski definition) is 3. The molecule has 0 aliphatic heterocycles. The van der Waals surface area contributed by atoms with Gasteiger partial charge in [0.1, 0.15) is 6.04 Å². The largest absolute Gasteiger partial charge is 0.480 e. The predicted octanol–water partition coefficient (Wildman–Crippen LogP) is 0.763. The highest BCUT2D eigenvalue weighted by molar-refractivity contribution is 5.75. The first kappa shape index (κ1) is 15.1. The Hall–Kier alpha value is -0.940. The molecule has 2 atom stereocenters. The van der Waals surface area contributed by atoms with Gasteiger partial charge in [-0.2, -0.15) is 0 Å². The van der Waals surface area contributed by atoms with Gasteiger partial charge in [0.25, 0.3) is 0 Å². The highest BCUT2D eigenvalue weighted by Crippen LogP contribution is 2.27. The molecular weight excluding hydrogens is 210 g/mol. The number of hydrogen-bond acceptors (Lipinski definition) is 4. The van der Waals surface area contributed by atoms with Gasteiger partial charge in [0.05, 0.1) is 0 Å². The van der Waals surface area contributed by atoms with E-state index in [1.165, 1.54) is 0 Å². The van der Waals surface area contributed by atoms with Crippen molar-refractivity contribution >= 4 is 12.3 Å². The first-order valence-electron chi connectivity index (χ1n) is 5.37. The van der Waals surface area contributed by atoms with Crippen molar-refractivity contribution in [3.8, 4) is 0 Å². The van der Waals surface area contributed by atoms with Crippen molar-refractivity contribution < 1.29 is 19.8 Å². The summed E-state index contributed by atoms with van der Waals surface area (Å²) >= 11 is 0. The molecule has 0 aromatic carbocycles. The van der Waals surface area contributed by atoms with Crippen LogP contribution in [-0.2, 0) is 9.59 Å². The van der Waals surface area contributed by atoms with Crippen molar-refractivity contribution in [2.45, 2.75) is 52.3 Å². The molecular formula is C11H21NO4. The number of carbonyl (C=O) groups is 2. The predicted molar refractivity (Wildman–Crippen MR) is 59.9 cm³/mol. The monoisotopic (exact) mass is 231 g/mol. The molecule has 0 aromatic rings. The van der Waals surface area contributed by atoms with E-state index in [-0.39, 0.29) is 0 Å². The third-order valence-electron chi connectivity index (χ3n) is 2.58. The Kier molecular flexibility index (Phi) is 5.09. The van der Waals surface area contributed by atoms with Gasteiger partial charge in [-0.1, -0.05) is 34.1 Å². The quantitative estimate of drug-likeness (QED) is 0.464. The SMILES string of the molecule is CCCC(N[C@](O)(C=O)C(C)(C)C)C(=O)O. The van der Waals surface area contributed by atoms with Crippen molar-refractivity contribution in [3.63, 3.8) is 0 Å². The Morgan fingerprint density at radius 1 is 1.44 bits per heavy atom. The molecule has 16 heavy (non-hydrogen) atoms. The lowest BCUT2D eigenvalue weighted by atomic mass is 9.83. The molecule has 0 amide bonds. The van der Waals surface area contributed by atoms with Gasteiger partial charge in [0, 0.05) is 5.41 Å². The number of carboxylic acids is 1. The summed E-state index contributed by atoms with van der Waals surface area (Å²) in [5.41, 5.74) is -2.60. The van der Waals surface area contributed by atoms with Crippen molar-refractivity contribution in [1.82, 2.24) is 5.32 Å². The van der Waals surface area contributed by atoms with Crippen LogP contribution < -0.4 is 5.32 Å². The normalized spacial score (nSPS) is 17.6. The minimum Gasteiger partial charge on any atom is -0.480 e. The van der Waals surface area contributed by atoms with Crippen molar-refractivity contribution in [3.05, 3.63) is 0 Å². The Morgan fingerprint density at radius 3 is 2.19 bits per heavy atom. The fourth-order valence-corrected chi connectivity index (χ4v) is 1.24. The lowest BCUT2D eigenvalue weighted by Gasteiger charge is -2.38. The molecule has 0 saturated heterocycles. The Morgan fingerprint density at radius 2 is 1.94 bits per heavy atom. The molecule has 0 heterocycles. The van der Waals surface area contributed by atoms with Gasteiger partial charge in [-0.3, -0.25) is 14.9 Å². The molecule has 0 radical (unpaired) electrons. The molecule has 94 valence electrons. The van der Waals surface area contributed by atoms with Crippen molar-refractivity contribution in [2.24, 2.45) is 5.41 Å². The van der Waals surface area contributed by atoms with Crippen LogP contribution in [0.3, 0.4) is 0 Å². The van der Waals surface area contributed by atoms with Crippen LogP contribution in [0.2, 0.25) is 0 Å². The molecule has 5 heteroatoms. The van der Waals surface area contributed by atoms with E-state index in [0.717, 1.165) is 0 Å². The van der Waals surface area contributed by atoms with Crippen LogP contribution in [0.25, 0.3) is 0 Å². The van der Waals surface area contributed by atoms with Crippen molar-refractivity contribution in [1.29, 1.82) is 0 Å². The van der Waals surface area contributed by atoms with Crippen LogP contribution in [0.15, 0.2) is 0 Å². The number of aliphatic hydroxyl groups is 1. The fraction of sp³-hybridized carbons (Fsp3) is 0.818. The second-order valence-electron chi connectivity index (χ2n) is 4.96. The van der Waals surface area contributed by atoms with Crippen LogP contribution >= 0.6 is 0 Å². The number of aldehydes is 1. The number of aliphatic carboxylic acids is 1. The molecule has 0 rings (SSSR count).